The number of rotatable bonds is 1. The molecule has 0 atom stereocenters. The zero-order valence-corrected chi connectivity index (χ0v) is 10.8. The van der Waals surface area contributed by atoms with Crippen LogP contribution in [-0.2, 0) is 7.05 Å². The maximum absolute atomic E-state index is 12.3. The molecule has 0 amide bonds. The Labute approximate surface area is 110 Å². The highest BCUT2D eigenvalue weighted by molar-refractivity contribution is 5.99. The van der Waals surface area contributed by atoms with Gasteiger partial charge in [-0.3, -0.25) is 4.79 Å². The molecule has 3 aromatic rings. The number of carbonyl (C=O) groups excluding carboxylic acids is 1. The molecule has 0 unspecified atom stereocenters. The van der Waals surface area contributed by atoms with Crippen molar-refractivity contribution < 1.29 is 4.79 Å². The molecule has 0 bridgehead atoms. The Morgan fingerprint density at radius 2 is 2.11 bits per heavy atom. The highest BCUT2D eigenvalue weighted by atomic mass is 16.2. The Morgan fingerprint density at radius 3 is 2.79 bits per heavy atom. The van der Waals surface area contributed by atoms with Crippen LogP contribution in [0.3, 0.4) is 0 Å². The molecule has 0 saturated heterocycles. The third kappa shape index (κ3) is 1.79. The van der Waals surface area contributed by atoms with Crippen molar-refractivity contribution in [3.8, 4) is 0 Å². The molecule has 3 rings (SSSR count). The predicted molar refractivity (Wildman–Crippen MR) is 74.0 cm³/mol. The normalized spacial score (nSPS) is 11.1. The summed E-state index contributed by atoms with van der Waals surface area (Å²) >= 11 is 0. The molecule has 2 aromatic heterocycles. The van der Waals surface area contributed by atoms with Gasteiger partial charge in [0.1, 0.15) is 0 Å². The molecule has 1 aromatic carbocycles. The van der Waals surface area contributed by atoms with Crippen LogP contribution in [0.1, 0.15) is 16.1 Å². The van der Waals surface area contributed by atoms with Crippen LogP contribution in [0.4, 0.5) is 5.69 Å². The molecule has 0 aliphatic heterocycles. The van der Waals surface area contributed by atoms with Crippen molar-refractivity contribution in [2.45, 2.75) is 6.92 Å². The first-order chi connectivity index (χ1) is 9.06. The number of nitrogens with zero attached hydrogens (tertiary/aromatic N) is 3. The van der Waals surface area contributed by atoms with Crippen molar-refractivity contribution in [2.75, 3.05) is 5.73 Å². The van der Waals surface area contributed by atoms with Gasteiger partial charge in [-0.15, -0.1) is 0 Å². The average Bonchev–Trinajstić information content (AvgIpc) is 2.93. The molecule has 0 spiro atoms. The molecule has 96 valence electrons. The highest BCUT2D eigenvalue weighted by Crippen LogP contribution is 2.18. The fourth-order valence-electron chi connectivity index (χ4n) is 2.11. The molecule has 0 radical (unpaired) electrons. The first-order valence-electron chi connectivity index (χ1n) is 5.98. The van der Waals surface area contributed by atoms with E-state index in [4.69, 9.17) is 5.73 Å². The van der Waals surface area contributed by atoms with E-state index in [0.29, 0.717) is 16.9 Å². The standard InChI is InChI=1S/C14H14N4O/c1-9-12(15)8-18(16-9)14(19)11-4-3-10-5-6-17(2)13(10)7-11/h3-8H,15H2,1-2H3. The molecule has 5 nitrogen and oxygen atoms in total. The lowest BCUT2D eigenvalue weighted by Crippen LogP contribution is -2.12. The largest absolute Gasteiger partial charge is 0.396 e. The van der Waals surface area contributed by atoms with Crippen molar-refractivity contribution >= 4 is 22.5 Å². The highest BCUT2D eigenvalue weighted by Gasteiger charge is 2.12. The number of anilines is 1. The van der Waals surface area contributed by atoms with E-state index < -0.39 is 0 Å². The van der Waals surface area contributed by atoms with Crippen LogP contribution in [0, 0.1) is 6.92 Å². The zero-order chi connectivity index (χ0) is 13.6. The Balaban J connectivity index is 2.08. The van der Waals surface area contributed by atoms with Crippen LogP contribution in [-0.4, -0.2) is 20.3 Å². The number of fused-ring (bicyclic) bond motifs is 1. The average molecular weight is 254 g/mol. The number of nitrogen functional groups attached to an aromatic ring is 1. The maximum Gasteiger partial charge on any atom is 0.278 e. The van der Waals surface area contributed by atoms with E-state index in [1.165, 1.54) is 4.68 Å². The van der Waals surface area contributed by atoms with Crippen LogP contribution in [0.15, 0.2) is 36.7 Å². The van der Waals surface area contributed by atoms with E-state index in [-0.39, 0.29) is 5.91 Å². The van der Waals surface area contributed by atoms with E-state index >= 15 is 0 Å². The summed E-state index contributed by atoms with van der Waals surface area (Å²) in [6.45, 7) is 1.78. The third-order valence-electron chi connectivity index (χ3n) is 3.28. The van der Waals surface area contributed by atoms with Gasteiger partial charge < -0.3 is 10.3 Å². The predicted octanol–water partition coefficient (Wildman–Crippen LogP) is 1.95. The summed E-state index contributed by atoms with van der Waals surface area (Å²) in [4.78, 5) is 12.3. The maximum atomic E-state index is 12.3. The van der Waals surface area contributed by atoms with Gasteiger partial charge in [0.15, 0.2) is 0 Å². The second-order valence-corrected chi connectivity index (χ2v) is 4.62. The van der Waals surface area contributed by atoms with E-state index in [1.807, 2.05) is 36.0 Å². The molecular weight excluding hydrogens is 240 g/mol. The van der Waals surface area contributed by atoms with Gasteiger partial charge in [0.25, 0.3) is 5.91 Å². The summed E-state index contributed by atoms with van der Waals surface area (Å²) in [6, 6.07) is 7.62. The van der Waals surface area contributed by atoms with Crippen LogP contribution >= 0.6 is 0 Å². The molecule has 0 fully saturated rings. The minimum absolute atomic E-state index is 0.178. The topological polar surface area (TPSA) is 65.8 Å². The van der Waals surface area contributed by atoms with Gasteiger partial charge in [-0.05, 0) is 30.5 Å². The lowest BCUT2D eigenvalue weighted by Gasteiger charge is -2.02. The Kier molecular flexibility index (Phi) is 2.41. The van der Waals surface area contributed by atoms with Crippen molar-refractivity contribution in [3.05, 3.63) is 47.9 Å². The molecular formula is C14H14N4O. The van der Waals surface area contributed by atoms with E-state index in [0.717, 1.165) is 10.9 Å². The van der Waals surface area contributed by atoms with Gasteiger partial charge >= 0.3 is 0 Å². The Bertz CT molecular complexity index is 762. The molecule has 0 aliphatic carbocycles. The number of hydrogen-bond donors (Lipinski definition) is 1. The van der Waals surface area contributed by atoms with Crippen LogP contribution in [0.5, 0.6) is 0 Å². The van der Waals surface area contributed by atoms with Gasteiger partial charge in [0.05, 0.1) is 17.6 Å². The summed E-state index contributed by atoms with van der Waals surface area (Å²) in [6.07, 6.45) is 3.52. The van der Waals surface area contributed by atoms with Crippen LogP contribution in [0.2, 0.25) is 0 Å². The summed E-state index contributed by atoms with van der Waals surface area (Å²) < 4.78 is 3.27. The van der Waals surface area contributed by atoms with Crippen molar-refractivity contribution in [1.82, 2.24) is 14.3 Å². The first-order valence-corrected chi connectivity index (χ1v) is 5.98. The van der Waals surface area contributed by atoms with Gasteiger partial charge in [-0.1, -0.05) is 6.07 Å². The van der Waals surface area contributed by atoms with Gasteiger partial charge in [-0.25, -0.2) is 4.68 Å². The fourth-order valence-corrected chi connectivity index (χ4v) is 2.11. The quantitative estimate of drug-likeness (QED) is 0.721. The third-order valence-corrected chi connectivity index (χ3v) is 3.28. The first kappa shape index (κ1) is 11.5. The Hall–Kier alpha value is -2.56. The minimum atomic E-state index is -0.178. The summed E-state index contributed by atoms with van der Waals surface area (Å²) in [5.74, 6) is -0.178. The summed E-state index contributed by atoms with van der Waals surface area (Å²) in [5, 5.41) is 5.22. The SMILES string of the molecule is Cc1nn(C(=O)c2ccc3ccn(C)c3c2)cc1N. The molecule has 5 heteroatoms. The smallest absolute Gasteiger partial charge is 0.278 e. The monoisotopic (exact) mass is 254 g/mol. The van der Waals surface area contributed by atoms with Crippen molar-refractivity contribution in [1.29, 1.82) is 0 Å². The second-order valence-electron chi connectivity index (χ2n) is 4.62. The van der Waals surface area contributed by atoms with Crippen molar-refractivity contribution in [3.63, 3.8) is 0 Å². The van der Waals surface area contributed by atoms with Gasteiger partial charge in [0.2, 0.25) is 0 Å². The van der Waals surface area contributed by atoms with Crippen LogP contribution < -0.4 is 5.73 Å². The van der Waals surface area contributed by atoms with Crippen LogP contribution in [0.25, 0.3) is 10.9 Å². The summed E-state index contributed by atoms with van der Waals surface area (Å²) in [7, 11) is 1.95. The number of aromatic nitrogens is 3. The number of nitrogens with two attached hydrogens (primary N) is 1. The molecule has 2 N–H and O–H groups in total. The lowest BCUT2D eigenvalue weighted by atomic mass is 10.1. The number of hydrogen-bond acceptors (Lipinski definition) is 3. The molecule has 0 aliphatic rings. The van der Waals surface area contributed by atoms with E-state index in [2.05, 4.69) is 5.10 Å². The molecule has 19 heavy (non-hydrogen) atoms. The molecule has 2 heterocycles. The van der Waals surface area contributed by atoms with Gasteiger partial charge in [0, 0.05) is 24.3 Å². The Morgan fingerprint density at radius 1 is 1.32 bits per heavy atom. The summed E-state index contributed by atoms with van der Waals surface area (Å²) in [5.41, 5.74) is 8.51. The number of aryl methyl sites for hydroxylation is 2. The van der Waals surface area contributed by atoms with Gasteiger partial charge in [-0.2, -0.15) is 5.10 Å². The van der Waals surface area contributed by atoms with E-state index in [9.17, 15) is 4.79 Å². The lowest BCUT2D eigenvalue weighted by molar-refractivity contribution is 0.0945. The number of carbonyl (C=O) groups is 1. The zero-order valence-electron chi connectivity index (χ0n) is 10.8. The minimum Gasteiger partial charge on any atom is -0.396 e. The molecule has 0 saturated carbocycles. The van der Waals surface area contributed by atoms with Crippen molar-refractivity contribution in [2.24, 2.45) is 7.05 Å². The van der Waals surface area contributed by atoms with E-state index in [1.54, 1.807) is 19.2 Å². The second kappa shape index (κ2) is 3.98. The fraction of sp³-hybridized carbons (Fsp3) is 0.143. The number of benzene rings is 1.